The number of likely N-dealkylation sites (N-methyl/N-ethyl adjacent to an activating group) is 1. The maximum Gasteiger partial charge on any atom is 0.0618 e. The van der Waals surface area contributed by atoms with Crippen LogP contribution in [0.2, 0.25) is 0 Å². The van der Waals surface area contributed by atoms with E-state index in [1.165, 1.54) is 25.9 Å². The van der Waals surface area contributed by atoms with Gasteiger partial charge in [-0.1, -0.05) is 0 Å². The number of likely N-dealkylation sites (tertiary alicyclic amines) is 1. The largest absolute Gasteiger partial charge is 0.383 e. The smallest absolute Gasteiger partial charge is 0.0618 e. The van der Waals surface area contributed by atoms with Gasteiger partial charge in [-0.3, -0.25) is 4.90 Å². The van der Waals surface area contributed by atoms with E-state index in [1.54, 1.807) is 7.11 Å². The van der Waals surface area contributed by atoms with Crippen LogP contribution in [0.5, 0.6) is 0 Å². The highest BCUT2D eigenvalue weighted by Gasteiger charge is 2.26. The second-order valence-electron chi connectivity index (χ2n) is 5.29. The second kappa shape index (κ2) is 8.03. The van der Waals surface area contributed by atoms with Crippen LogP contribution in [0.15, 0.2) is 0 Å². The number of hydrogen-bond donors (Lipinski definition) is 1. The Balaban J connectivity index is 2.47. The van der Waals surface area contributed by atoms with E-state index in [0.717, 1.165) is 26.0 Å². The lowest BCUT2D eigenvalue weighted by molar-refractivity contribution is 0.0445. The third-order valence-electron chi connectivity index (χ3n) is 3.78. The van der Waals surface area contributed by atoms with Crippen LogP contribution in [0, 0.1) is 0 Å². The molecule has 0 amide bonds. The minimum absolute atomic E-state index is 0.547. The van der Waals surface area contributed by atoms with Crippen LogP contribution >= 0.6 is 0 Å². The Morgan fingerprint density at radius 1 is 1.47 bits per heavy atom. The normalized spacial score (nSPS) is 24.2. The molecule has 0 aromatic rings. The van der Waals surface area contributed by atoms with Crippen molar-refractivity contribution < 1.29 is 4.74 Å². The minimum Gasteiger partial charge on any atom is -0.383 e. The summed E-state index contributed by atoms with van der Waals surface area (Å²) >= 11 is 0. The first-order valence-corrected chi connectivity index (χ1v) is 6.78. The zero-order chi connectivity index (χ0) is 12.7. The summed E-state index contributed by atoms with van der Waals surface area (Å²) in [6, 6.07) is 1.24. The summed E-state index contributed by atoms with van der Waals surface area (Å²) in [5, 5.41) is 0. The third-order valence-corrected chi connectivity index (χ3v) is 3.78. The molecule has 1 fully saturated rings. The molecule has 1 rings (SSSR count). The number of piperidine rings is 1. The van der Waals surface area contributed by atoms with Crippen molar-refractivity contribution in [2.24, 2.45) is 5.73 Å². The van der Waals surface area contributed by atoms with Crippen molar-refractivity contribution in [3.05, 3.63) is 0 Å². The first-order chi connectivity index (χ1) is 8.19. The zero-order valence-electron chi connectivity index (χ0n) is 11.7. The van der Waals surface area contributed by atoms with Crippen LogP contribution in [-0.2, 0) is 4.74 Å². The van der Waals surface area contributed by atoms with Gasteiger partial charge in [-0.15, -0.1) is 0 Å². The monoisotopic (exact) mass is 243 g/mol. The molecule has 2 atom stereocenters. The van der Waals surface area contributed by atoms with Crippen molar-refractivity contribution in [2.45, 2.75) is 37.8 Å². The van der Waals surface area contributed by atoms with Gasteiger partial charge in [0.15, 0.2) is 0 Å². The SMILES string of the molecule is COCC(CCCN)N1CCCC(N(C)C)C1. The molecule has 102 valence electrons. The van der Waals surface area contributed by atoms with Gasteiger partial charge >= 0.3 is 0 Å². The first kappa shape index (κ1) is 14.9. The Labute approximate surface area is 106 Å². The molecular formula is C13H29N3O. The van der Waals surface area contributed by atoms with Crippen LogP contribution < -0.4 is 5.73 Å². The molecule has 0 radical (unpaired) electrons. The van der Waals surface area contributed by atoms with Crippen molar-refractivity contribution in [1.29, 1.82) is 0 Å². The van der Waals surface area contributed by atoms with E-state index in [4.69, 9.17) is 10.5 Å². The van der Waals surface area contributed by atoms with Crippen LogP contribution in [0.25, 0.3) is 0 Å². The molecule has 0 aromatic heterocycles. The molecule has 2 unspecified atom stereocenters. The quantitative estimate of drug-likeness (QED) is 0.717. The fraction of sp³-hybridized carbons (Fsp3) is 1.00. The van der Waals surface area contributed by atoms with Crippen molar-refractivity contribution >= 4 is 0 Å². The van der Waals surface area contributed by atoms with Gasteiger partial charge in [0.2, 0.25) is 0 Å². The van der Waals surface area contributed by atoms with E-state index >= 15 is 0 Å². The van der Waals surface area contributed by atoms with Gasteiger partial charge in [0, 0.05) is 25.7 Å². The van der Waals surface area contributed by atoms with Crippen LogP contribution in [0.3, 0.4) is 0 Å². The molecular weight excluding hydrogens is 214 g/mol. The summed E-state index contributed by atoms with van der Waals surface area (Å²) in [5.74, 6) is 0. The molecule has 0 saturated carbocycles. The zero-order valence-corrected chi connectivity index (χ0v) is 11.7. The molecule has 17 heavy (non-hydrogen) atoms. The molecule has 4 heteroatoms. The molecule has 1 aliphatic heterocycles. The summed E-state index contributed by atoms with van der Waals surface area (Å²) in [6.45, 7) is 4.00. The van der Waals surface area contributed by atoms with Gasteiger partial charge in [-0.05, 0) is 52.9 Å². The lowest BCUT2D eigenvalue weighted by atomic mass is 10.0. The molecule has 1 saturated heterocycles. The average molecular weight is 243 g/mol. The van der Waals surface area contributed by atoms with Crippen LogP contribution in [-0.4, -0.2) is 69.3 Å². The number of rotatable bonds is 7. The Morgan fingerprint density at radius 3 is 2.82 bits per heavy atom. The number of nitrogens with two attached hydrogens (primary N) is 1. The molecule has 0 bridgehead atoms. The fourth-order valence-corrected chi connectivity index (χ4v) is 2.65. The van der Waals surface area contributed by atoms with Crippen molar-refractivity contribution in [3.8, 4) is 0 Å². The summed E-state index contributed by atoms with van der Waals surface area (Å²) in [6.07, 6.45) is 4.87. The van der Waals surface area contributed by atoms with Crippen molar-refractivity contribution in [3.63, 3.8) is 0 Å². The Bertz CT molecular complexity index is 199. The van der Waals surface area contributed by atoms with Gasteiger partial charge in [-0.25, -0.2) is 0 Å². The topological polar surface area (TPSA) is 41.7 Å². The number of hydrogen-bond acceptors (Lipinski definition) is 4. The molecule has 0 spiro atoms. The van der Waals surface area contributed by atoms with E-state index < -0.39 is 0 Å². The molecule has 0 aliphatic carbocycles. The average Bonchev–Trinajstić information content (AvgIpc) is 2.34. The summed E-state index contributed by atoms with van der Waals surface area (Å²) in [5.41, 5.74) is 5.61. The van der Waals surface area contributed by atoms with Crippen molar-refractivity contribution in [1.82, 2.24) is 9.80 Å². The number of methoxy groups -OCH3 is 1. The summed E-state index contributed by atoms with van der Waals surface area (Å²) < 4.78 is 5.35. The van der Waals surface area contributed by atoms with E-state index in [1.807, 2.05) is 0 Å². The Morgan fingerprint density at radius 2 is 2.24 bits per heavy atom. The maximum absolute atomic E-state index is 5.61. The highest BCUT2D eigenvalue weighted by molar-refractivity contribution is 4.82. The van der Waals surface area contributed by atoms with Gasteiger partial charge in [-0.2, -0.15) is 0 Å². The number of nitrogens with zero attached hydrogens (tertiary/aromatic N) is 2. The number of ether oxygens (including phenoxy) is 1. The van der Waals surface area contributed by atoms with Gasteiger partial charge in [0.05, 0.1) is 6.61 Å². The van der Waals surface area contributed by atoms with Crippen LogP contribution in [0.1, 0.15) is 25.7 Å². The third kappa shape index (κ3) is 4.92. The standard InChI is InChI=1S/C13H29N3O/c1-15(2)12-7-5-9-16(10-12)13(11-17-3)6-4-8-14/h12-13H,4-11,14H2,1-3H3. The summed E-state index contributed by atoms with van der Waals surface area (Å²) in [4.78, 5) is 4.94. The Hall–Kier alpha value is -0.160. The van der Waals surface area contributed by atoms with E-state index in [2.05, 4.69) is 23.9 Å². The summed E-state index contributed by atoms with van der Waals surface area (Å²) in [7, 11) is 6.15. The minimum atomic E-state index is 0.547. The lowest BCUT2D eigenvalue weighted by Gasteiger charge is -2.40. The Kier molecular flexibility index (Phi) is 7.04. The first-order valence-electron chi connectivity index (χ1n) is 6.78. The second-order valence-corrected chi connectivity index (χ2v) is 5.29. The molecule has 2 N–H and O–H groups in total. The molecule has 1 aliphatic rings. The van der Waals surface area contributed by atoms with Gasteiger partial charge in [0.25, 0.3) is 0 Å². The molecule has 1 heterocycles. The van der Waals surface area contributed by atoms with E-state index in [0.29, 0.717) is 12.1 Å². The maximum atomic E-state index is 5.61. The predicted octanol–water partition coefficient (Wildman–Crippen LogP) is 0.766. The highest BCUT2D eigenvalue weighted by atomic mass is 16.5. The van der Waals surface area contributed by atoms with E-state index in [-0.39, 0.29) is 0 Å². The molecule has 4 nitrogen and oxygen atoms in total. The van der Waals surface area contributed by atoms with E-state index in [9.17, 15) is 0 Å². The van der Waals surface area contributed by atoms with Crippen LogP contribution in [0.4, 0.5) is 0 Å². The lowest BCUT2D eigenvalue weighted by Crippen LogP contribution is -2.50. The van der Waals surface area contributed by atoms with Gasteiger partial charge in [0.1, 0.15) is 0 Å². The van der Waals surface area contributed by atoms with Gasteiger partial charge < -0.3 is 15.4 Å². The predicted molar refractivity (Wildman–Crippen MR) is 72.2 cm³/mol. The van der Waals surface area contributed by atoms with Crippen molar-refractivity contribution in [2.75, 3.05) is 47.4 Å². The molecule has 0 aromatic carbocycles. The fourth-order valence-electron chi connectivity index (χ4n) is 2.65. The highest BCUT2D eigenvalue weighted by Crippen LogP contribution is 2.18.